The van der Waals surface area contributed by atoms with Crippen LogP contribution in [0.2, 0.25) is 0 Å². The SMILES string of the molecule is C.C.C.C.C.C.C.C.CCC(C)(C)C(=O)OC1(CC)C2CC3CC(C2)CC1C3.CCC(C)(C)C(=O)OC12CC3CC(CC(O)(C3)C1)C2.CCC(C)(C)C(=O)OCC(=O)OC1C2CC3C(=O)OC1C3C2.CCC1(OC(=O)C(C)(C)CC)CCCCC1. The highest BCUT2D eigenvalue weighted by molar-refractivity contribution is 5.81. The first-order valence-electron chi connectivity index (χ1n) is 31.0. The quantitative estimate of drug-likeness (QED) is 0.114. The van der Waals surface area contributed by atoms with Gasteiger partial charge in [0.2, 0.25) is 0 Å². The van der Waals surface area contributed by atoms with Crippen molar-refractivity contribution in [2.75, 3.05) is 6.61 Å². The maximum absolute atomic E-state index is 12.6. The summed E-state index contributed by atoms with van der Waals surface area (Å²) in [6, 6.07) is 0. The molecule has 0 spiro atoms. The Morgan fingerprint density at radius 1 is 0.529 bits per heavy atom. The summed E-state index contributed by atoms with van der Waals surface area (Å²) < 4.78 is 33.9. The second kappa shape index (κ2) is 32.0. The molecule has 13 nitrogen and oxygen atoms in total. The van der Waals surface area contributed by atoms with Crippen LogP contribution in [-0.4, -0.2) is 82.1 Å². The summed E-state index contributed by atoms with van der Waals surface area (Å²) in [5, 5.41) is 10.6. The molecule has 11 saturated carbocycles. The number of rotatable bonds is 16. The van der Waals surface area contributed by atoms with Gasteiger partial charge in [-0.3, -0.25) is 24.0 Å². The minimum atomic E-state index is -0.610. The average Bonchev–Trinajstić information content (AvgIpc) is 1.62. The van der Waals surface area contributed by atoms with Crippen LogP contribution in [0, 0.1) is 74.9 Å². The van der Waals surface area contributed by atoms with E-state index in [9.17, 15) is 33.9 Å². The fourth-order valence-electron chi connectivity index (χ4n) is 15.9. The molecule has 0 aromatic heterocycles. The van der Waals surface area contributed by atoms with E-state index in [4.69, 9.17) is 28.4 Å². The van der Waals surface area contributed by atoms with Crippen LogP contribution < -0.4 is 0 Å². The molecule has 85 heavy (non-hydrogen) atoms. The first-order chi connectivity index (χ1) is 36.0. The fourth-order valence-corrected chi connectivity index (χ4v) is 15.9. The number of carbonyl (C=O) groups excluding carboxylic acids is 6. The number of hydrogen-bond donors (Lipinski definition) is 1. The van der Waals surface area contributed by atoms with E-state index >= 15 is 0 Å². The highest BCUT2D eigenvalue weighted by Gasteiger charge is 2.64. The standard InChI is InChI=1S/C18H30O2.C16H22O6.C16H26O3.C14H26O2.8CH4/c1-5-17(3,4)16(19)20-18(6-2)14-8-12-7-13(10-14)11-15(18)9-12;1-4-16(2,3)15(19)20-7-11(17)21-12-8-5-9-10(6-8)14(18)22-13(9)12;1-4-14(2,3)13(17)19-16-8-11-5-12(9-16)7-15(18,6-11)10-16;1-5-13(3,4)12(15)16-14(6-2)10-8-7-9-11-14;;;;;;;;/h12-15H,5-11H2,1-4H3;8-10,12-13H,4-7H2,1-3H3;11-12,18H,4-10H2,1-3H3;5-11H2,1-4H3;8*1H4. The van der Waals surface area contributed by atoms with Crippen LogP contribution >= 0.6 is 0 Å². The molecule has 0 aromatic rings. The molecule has 0 aromatic carbocycles. The third-order valence-corrected chi connectivity index (χ3v) is 22.1. The van der Waals surface area contributed by atoms with Gasteiger partial charge in [-0.15, -0.1) is 0 Å². The van der Waals surface area contributed by atoms with Gasteiger partial charge < -0.3 is 33.5 Å². The molecule has 10 bridgehead atoms. The minimum absolute atomic E-state index is 0. The van der Waals surface area contributed by atoms with Crippen molar-refractivity contribution in [2.24, 2.45) is 74.9 Å². The van der Waals surface area contributed by atoms with E-state index in [-0.39, 0.29) is 147 Å². The molecule has 1 aliphatic heterocycles. The number of hydrogen-bond acceptors (Lipinski definition) is 13. The van der Waals surface area contributed by atoms with Crippen LogP contribution in [0.25, 0.3) is 0 Å². The zero-order valence-corrected chi connectivity index (χ0v) is 50.4. The van der Waals surface area contributed by atoms with Crippen molar-refractivity contribution < 1.29 is 62.3 Å². The molecule has 0 amide bonds. The number of fused-ring (bicyclic) bond motifs is 1. The topological polar surface area (TPSA) is 178 Å². The van der Waals surface area contributed by atoms with Gasteiger partial charge in [0.05, 0.1) is 33.2 Å². The van der Waals surface area contributed by atoms with E-state index < -0.39 is 28.4 Å². The maximum Gasteiger partial charge on any atom is 0.344 e. The molecule has 502 valence electrons. The summed E-state index contributed by atoms with van der Waals surface area (Å²) in [6.45, 7) is 27.4. The summed E-state index contributed by atoms with van der Waals surface area (Å²) in [4.78, 5) is 72.5. The Labute approximate surface area is 522 Å². The van der Waals surface area contributed by atoms with Crippen LogP contribution in [0.1, 0.15) is 310 Å². The zero-order valence-electron chi connectivity index (χ0n) is 50.4. The Balaban J connectivity index is 0. The van der Waals surface area contributed by atoms with Gasteiger partial charge in [0.25, 0.3) is 0 Å². The van der Waals surface area contributed by atoms with Gasteiger partial charge in [0, 0.05) is 18.3 Å². The largest absolute Gasteiger partial charge is 0.459 e. The van der Waals surface area contributed by atoms with Crippen LogP contribution in [0.15, 0.2) is 0 Å². The Hall–Kier alpha value is -3.22. The van der Waals surface area contributed by atoms with Crippen molar-refractivity contribution in [3.8, 4) is 0 Å². The normalized spacial score (nSPS) is 33.0. The molecule has 12 rings (SSSR count). The van der Waals surface area contributed by atoms with E-state index in [0.29, 0.717) is 36.5 Å². The van der Waals surface area contributed by atoms with Gasteiger partial charge in [0.15, 0.2) is 6.61 Å². The van der Waals surface area contributed by atoms with Crippen LogP contribution in [0.4, 0.5) is 0 Å². The molecular weight excluding hydrogens is 1070 g/mol. The lowest BCUT2D eigenvalue weighted by Crippen LogP contribution is -2.61. The first-order valence-corrected chi connectivity index (χ1v) is 31.0. The Morgan fingerprint density at radius 2 is 0.965 bits per heavy atom. The molecule has 1 N–H and O–H groups in total. The van der Waals surface area contributed by atoms with Gasteiger partial charge in [-0.05, 0) is 232 Å². The predicted octanol–water partition coefficient (Wildman–Crippen LogP) is 18.2. The lowest BCUT2D eigenvalue weighted by molar-refractivity contribution is -0.225. The minimum Gasteiger partial charge on any atom is -0.459 e. The van der Waals surface area contributed by atoms with E-state index in [1.165, 1.54) is 57.8 Å². The van der Waals surface area contributed by atoms with E-state index in [1.807, 2.05) is 62.3 Å². The summed E-state index contributed by atoms with van der Waals surface area (Å²) >= 11 is 0. The molecule has 12 fully saturated rings. The van der Waals surface area contributed by atoms with Crippen molar-refractivity contribution in [1.82, 2.24) is 0 Å². The fraction of sp³-hybridized carbons (Fsp3) is 0.917. The van der Waals surface area contributed by atoms with Crippen molar-refractivity contribution in [2.45, 2.75) is 345 Å². The first kappa shape index (κ1) is 83.8. The number of ether oxygens (including phenoxy) is 6. The summed E-state index contributed by atoms with van der Waals surface area (Å²) in [6.07, 6.45) is 24.1. The van der Waals surface area contributed by atoms with Gasteiger partial charge in [-0.2, -0.15) is 0 Å². The third-order valence-electron chi connectivity index (χ3n) is 22.1. The predicted molar refractivity (Wildman–Crippen MR) is 347 cm³/mol. The van der Waals surface area contributed by atoms with E-state index in [2.05, 4.69) is 20.8 Å². The van der Waals surface area contributed by atoms with Crippen molar-refractivity contribution in [3.63, 3.8) is 0 Å². The summed E-state index contributed by atoms with van der Waals surface area (Å²) in [5.74, 6) is 3.42. The Bertz CT molecular complexity index is 2090. The summed E-state index contributed by atoms with van der Waals surface area (Å²) in [7, 11) is 0. The van der Waals surface area contributed by atoms with Crippen molar-refractivity contribution >= 4 is 35.8 Å². The second-order valence-corrected chi connectivity index (χ2v) is 29.1. The Kier molecular flexibility index (Phi) is 31.6. The number of carbonyl (C=O) groups is 6. The van der Waals surface area contributed by atoms with E-state index in [0.717, 1.165) is 95.3 Å². The molecule has 1 saturated heterocycles. The third kappa shape index (κ3) is 18.0. The smallest absolute Gasteiger partial charge is 0.344 e. The highest BCUT2D eigenvalue weighted by atomic mass is 16.6. The number of esters is 6. The van der Waals surface area contributed by atoms with Gasteiger partial charge >= 0.3 is 35.8 Å². The zero-order chi connectivity index (χ0) is 56.7. The molecule has 11 aliphatic carbocycles. The maximum atomic E-state index is 12.6. The van der Waals surface area contributed by atoms with Gasteiger partial charge in [-0.1, -0.05) is 107 Å². The average molecular weight is 1210 g/mol. The molecule has 13 heteroatoms. The molecule has 7 atom stereocenters. The molecule has 1 heterocycles. The monoisotopic (exact) mass is 1210 g/mol. The Morgan fingerprint density at radius 3 is 1.40 bits per heavy atom. The molecule has 7 unspecified atom stereocenters. The number of aliphatic hydroxyl groups is 1. The highest BCUT2D eigenvalue weighted by Crippen LogP contribution is 2.62. The van der Waals surface area contributed by atoms with E-state index in [1.54, 1.807) is 13.8 Å². The van der Waals surface area contributed by atoms with Crippen molar-refractivity contribution in [3.05, 3.63) is 0 Å². The molecule has 0 radical (unpaired) electrons. The van der Waals surface area contributed by atoms with Crippen LogP contribution in [0.5, 0.6) is 0 Å². The van der Waals surface area contributed by atoms with Crippen LogP contribution in [-0.2, 0) is 57.2 Å². The summed E-state index contributed by atoms with van der Waals surface area (Å²) in [5.41, 5.74) is -2.88. The molecule has 12 aliphatic rings. The van der Waals surface area contributed by atoms with Crippen molar-refractivity contribution in [1.29, 1.82) is 0 Å². The van der Waals surface area contributed by atoms with Gasteiger partial charge in [0.1, 0.15) is 29.0 Å². The second-order valence-electron chi connectivity index (χ2n) is 29.1. The van der Waals surface area contributed by atoms with Gasteiger partial charge in [-0.25, -0.2) is 4.79 Å². The molecular formula is C72H136O13. The lowest BCUT2D eigenvalue weighted by atomic mass is 9.49. The van der Waals surface area contributed by atoms with Crippen LogP contribution in [0.3, 0.4) is 0 Å². The lowest BCUT2D eigenvalue weighted by Gasteiger charge is -2.60.